The molecular weight excluding hydrogens is 350 g/mol. The van der Waals surface area contributed by atoms with E-state index in [1.54, 1.807) is 0 Å². The van der Waals surface area contributed by atoms with Crippen LogP contribution < -0.4 is 10.6 Å². The summed E-state index contributed by atoms with van der Waals surface area (Å²) in [5, 5.41) is 6.42. The minimum atomic E-state index is 0.00511. The van der Waals surface area contributed by atoms with Gasteiger partial charge in [-0.3, -0.25) is 9.20 Å². The van der Waals surface area contributed by atoms with E-state index >= 15 is 0 Å². The van der Waals surface area contributed by atoms with Crippen molar-refractivity contribution in [1.29, 1.82) is 0 Å². The number of nitrogens with one attached hydrogen (secondary N) is 2. The molecular formula is C22H25N5O. The summed E-state index contributed by atoms with van der Waals surface area (Å²) in [6, 6.07) is 5.95. The molecule has 1 aromatic carbocycles. The van der Waals surface area contributed by atoms with Gasteiger partial charge in [-0.25, -0.2) is 9.97 Å². The first-order valence-electron chi connectivity index (χ1n) is 10.3. The van der Waals surface area contributed by atoms with Gasteiger partial charge in [-0.1, -0.05) is 31.7 Å². The van der Waals surface area contributed by atoms with Gasteiger partial charge in [0.25, 0.3) is 5.91 Å². The minimum Gasteiger partial charge on any atom is -0.367 e. The number of anilines is 1. The predicted molar refractivity (Wildman–Crippen MR) is 109 cm³/mol. The van der Waals surface area contributed by atoms with Crippen molar-refractivity contribution in [2.75, 3.05) is 11.9 Å². The van der Waals surface area contributed by atoms with Crippen molar-refractivity contribution in [3.8, 4) is 11.3 Å². The zero-order valence-electron chi connectivity index (χ0n) is 15.9. The third-order valence-corrected chi connectivity index (χ3v) is 6.05. The lowest BCUT2D eigenvalue weighted by Crippen LogP contribution is -2.15. The van der Waals surface area contributed by atoms with Crippen molar-refractivity contribution in [2.24, 2.45) is 5.92 Å². The summed E-state index contributed by atoms with van der Waals surface area (Å²) >= 11 is 0. The molecule has 3 aromatic rings. The Hall–Kier alpha value is -2.89. The SMILES string of the molecule is O=C1NCc2cc(-c3cnc(NCC4CCCCCC4)c4nccn34)ccc21. The quantitative estimate of drug-likeness (QED) is 0.676. The van der Waals surface area contributed by atoms with E-state index in [-0.39, 0.29) is 5.91 Å². The van der Waals surface area contributed by atoms with Gasteiger partial charge in [-0.2, -0.15) is 0 Å². The van der Waals surface area contributed by atoms with Crippen LogP contribution in [-0.4, -0.2) is 26.8 Å². The predicted octanol–water partition coefficient (Wildman–Crippen LogP) is 4.02. The van der Waals surface area contributed by atoms with E-state index in [0.29, 0.717) is 6.54 Å². The van der Waals surface area contributed by atoms with Gasteiger partial charge in [0.15, 0.2) is 11.5 Å². The van der Waals surface area contributed by atoms with Crippen molar-refractivity contribution in [3.63, 3.8) is 0 Å². The molecule has 0 unspecified atom stereocenters. The average Bonchev–Trinajstić information content (AvgIpc) is 3.26. The molecule has 6 nitrogen and oxygen atoms in total. The average molecular weight is 375 g/mol. The summed E-state index contributed by atoms with van der Waals surface area (Å²) in [5.74, 6) is 1.57. The molecule has 0 atom stereocenters. The second-order valence-electron chi connectivity index (χ2n) is 7.91. The Kier molecular flexibility index (Phi) is 4.47. The van der Waals surface area contributed by atoms with Gasteiger partial charge in [0.1, 0.15) is 0 Å². The molecule has 0 radical (unpaired) electrons. The fourth-order valence-electron chi connectivity index (χ4n) is 4.46. The van der Waals surface area contributed by atoms with E-state index in [4.69, 9.17) is 4.98 Å². The van der Waals surface area contributed by atoms with E-state index in [1.807, 2.05) is 30.7 Å². The number of carbonyl (C=O) groups is 1. The normalized spacial score (nSPS) is 17.4. The van der Waals surface area contributed by atoms with Crippen LogP contribution in [0.4, 0.5) is 5.82 Å². The summed E-state index contributed by atoms with van der Waals surface area (Å²) in [4.78, 5) is 21.0. The maximum atomic E-state index is 11.8. The van der Waals surface area contributed by atoms with E-state index < -0.39 is 0 Å². The molecule has 6 heteroatoms. The van der Waals surface area contributed by atoms with E-state index in [1.165, 1.54) is 38.5 Å². The van der Waals surface area contributed by atoms with Crippen LogP contribution in [0.5, 0.6) is 0 Å². The number of amides is 1. The van der Waals surface area contributed by atoms with Crippen LogP contribution in [0, 0.1) is 5.92 Å². The van der Waals surface area contributed by atoms with Gasteiger partial charge < -0.3 is 10.6 Å². The molecule has 28 heavy (non-hydrogen) atoms. The Morgan fingerprint density at radius 3 is 2.86 bits per heavy atom. The van der Waals surface area contributed by atoms with Gasteiger partial charge in [0.2, 0.25) is 0 Å². The summed E-state index contributed by atoms with van der Waals surface area (Å²) in [6.07, 6.45) is 13.7. The van der Waals surface area contributed by atoms with Crippen LogP contribution in [0.3, 0.4) is 0 Å². The van der Waals surface area contributed by atoms with Crippen molar-refractivity contribution in [3.05, 3.63) is 47.9 Å². The number of hydrogen-bond acceptors (Lipinski definition) is 4. The third-order valence-electron chi connectivity index (χ3n) is 6.05. The molecule has 1 aliphatic heterocycles. The molecule has 1 fully saturated rings. The Bertz CT molecular complexity index is 1020. The zero-order valence-corrected chi connectivity index (χ0v) is 15.9. The molecule has 2 aromatic heterocycles. The van der Waals surface area contributed by atoms with Crippen molar-refractivity contribution >= 4 is 17.4 Å². The topological polar surface area (TPSA) is 71.3 Å². The van der Waals surface area contributed by atoms with Crippen molar-refractivity contribution in [2.45, 2.75) is 45.1 Å². The number of imidazole rings is 1. The standard InChI is InChI=1S/C22H25N5O/c28-22-18-8-7-16(11-17(18)13-26-22)19-14-25-20(21-23-9-10-27(19)21)24-12-15-5-3-1-2-4-6-15/h7-11,14-15H,1-6,12-13H2,(H,24,25)(H,26,28). The van der Waals surface area contributed by atoms with Gasteiger partial charge in [0.05, 0.1) is 11.9 Å². The van der Waals surface area contributed by atoms with Crippen LogP contribution in [0.25, 0.3) is 16.9 Å². The molecule has 1 amide bonds. The highest BCUT2D eigenvalue weighted by atomic mass is 16.1. The van der Waals surface area contributed by atoms with Gasteiger partial charge in [0, 0.05) is 36.6 Å². The second-order valence-corrected chi connectivity index (χ2v) is 7.91. The molecule has 0 spiro atoms. The first-order chi connectivity index (χ1) is 13.8. The number of nitrogens with zero attached hydrogens (tertiary/aromatic N) is 3. The van der Waals surface area contributed by atoms with E-state index in [9.17, 15) is 4.79 Å². The Morgan fingerprint density at radius 1 is 1.14 bits per heavy atom. The van der Waals surface area contributed by atoms with Gasteiger partial charge >= 0.3 is 0 Å². The summed E-state index contributed by atoms with van der Waals surface area (Å²) < 4.78 is 2.08. The molecule has 0 saturated heterocycles. The van der Waals surface area contributed by atoms with E-state index in [0.717, 1.165) is 46.3 Å². The number of hydrogen-bond donors (Lipinski definition) is 2. The largest absolute Gasteiger partial charge is 0.367 e. The Balaban J connectivity index is 1.42. The Morgan fingerprint density at radius 2 is 2.00 bits per heavy atom. The first-order valence-corrected chi connectivity index (χ1v) is 10.3. The number of benzene rings is 1. The maximum absolute atomic E-state index is 11.8. The fraction of sp³-hybridized carbons (Fsp3) is 0.409. The van der Waals surface area contributed by atoms with Crippen LogP contribution in [0.2, 0.25) is 0 Å². The molecule has 1 aliphatic carbocycles. The monoisotopic (exact) mass is 375 g/mol. The summed E-state index contributed by atoms with van der Waals surface area (Å²) in [7, 11) is 0. The summed E-state index contributed by atoms with van der Waals surface area (Å²) in [6.45, 7) is 1.55. The van der Waals surface area contributed by atoms with Crippen LogP contribution in [0.15, 0.2) is 36.8 Å². The number of fused-ring (bicyclic) bond motifs is 2. The van der Waals surface area contributed by atoms with Gasteiger partial charge in [-0.05, 0) is 36.5 Å². The van der Waals surface area contributed by atoms with E-state index in [2.05, 4.69) is 26.1 Å². The number of rotatable bonds is 4. The maximum Gasteiger partial charge on any atom is 0.251 e. The van der Waals surface area contributed by atoms with Crippen LogP contribution in [0.1, 0.15) is 54.4 Å². The number of carbonyl (C=O) groups excluding carboxylic acids is 1. The van der Waals surface area contributed by atoms with Crippen LogP contribution >= 0.6 is 0 Å². The zero-order chi connectivity index (χ0) is 18.9. The molecule has 3 heterocycles. The lowest BCUT2D eigenvalue weighted by molar-refractivity contribution is 0.0966. The second kappa shape index (κ2) is 7.26. The minimum absolute atomic E-state index is 0.00511. The van der Waals surface area contributed by atoms with Gasteiger partial charge in [-0.15, -0.1) is 0 Å². The lowest BCUT2D eigenvalue weighted by atomic mass is 10.0. The summed E-state index contributed by atoms with van der Waals surface area (Å²) in [5.41, 5.74) is 4.67. The molecule has 144 valence electrons. The lowest BCUT2D eigenvalue weighted by Gasteiger charge is -2.16. The molecule has 2 aliphatic rings. The smallest absolute Gasteiger partial charge is 0.251 e. The molecule has 5 rings (SSSR count). The van der Waals surface area contributed by atoms with Crippen molar-refractivity contribution < 1.29 is 4.79 Å². The molecule has 2 N–H and O–H groups in total. The third kappa shape index (κ3) is 3.13. The fourth-order valence-corrected chi connectivity index (χ4v) is 4.46. The highest BCUT2D eigenvalue weighted by molar-refractivity contribution is 5.98. The Labute approximate surface area is 164 Å². The van der Waals surface area contributed by atoms with Crippen molar-refractivity contribution in [1.82, 2.24) is 19.7 Å². The highest BCUT2D eigenvalue weighted by Gasteiger charge is 2.20. The highest BCUT2D eigenvalue weighted by Crippen LogP contribution is 2.28. The van der Waals surface area contributed by atoms with Crippen LogP contribution in [-0.2, 0) is 6.54 Å². The number of aromatic nitrogens is 3. The molecule has 1 saturated carbocycles. The molecule has 0 bridgehead atoms. The first kappa shape index (κ1) is 17.2.